The molecule has 0 aromatic carbocycles. The maximum absolute atomic E-state index is 13.7. The van der Waals surface area contributed by atoms with Crippen molar-refractivity contribution < 1.29 is 55.1 Å². The van der Waals surface area contributed by atoms with E-state index >= 15 is 0 Å². The molecule has 0 amide bonds. The van der Waals surface area contributed by atoms with E-state index in [1.807, 2.05) is 6.92 Å². The average molecular weight is 531 g/mol. The van der Waals surface area contributed by atoms with Crippen LogP contribution in [0, 0.1) is 28.1 Å². The van der Waals surface area contributed by atoms with Crippen molar-refractivity contribution in [2.75, 3.05) is 6.61 Å². The third kappa shape index (κ3) is 4.05. The van der Waals surface area contributed by atoms with Gasteiger partial charge in [0, 0.05) is 16.7 Å². The first kappa shape index (κ1) is 29.0. The maximum Gasteiger partial charge on any atom is 0.191 e. The van der Waals surface area contributed by atoms with Crippen molar-refractivity contribution in [3.63, 3.8) is 0 Å². The zero-order valence-corrected chi connectivity index (χ0v) is 21.8. The number of Topliss-reactive ketones (excluding diaryl/α,β-unsaturated/α-hetero) is 1. The van der Waals surface area contributed by atoms with E-state index in [0.717, 1.165) is 0 Å². The monoisotopic (exact) mass is 530 g/mol. The summed E-state index contributed by atoms with van der Waals surface area (Å²) in [6.07, 6.45) is -11.8. The minimum atomic E-state index is -1.83. The molecule has 0 radical (unpaired) electrons. The first-order valence-electron chi connectivity index (χ1n) is 12.9. The highest BCUT2D eigenvalue weighted by Crippen LogP contribution is 2.66. The molecule has 3 aliphatic carbocycles. The third-order valence-electron chi connectivity index (χ3n) is 10.0. The molecule has 3 saturated carbocycles. The molecule has 1 heterocycles. The Morgan fingerprint density at radius 1 is 1.05 bits per heavy atom. The van der Waals surface area contributed by atoms with Gasteiger partial charge in [0.05, 0.1) is 24.4 Å². The number of hydrogen-bond donors (Lipinski definition) is 8. The molecule has 1 saturated heterocycles. The molecule has 4 fully saturated rings. The predicted molar refractivity (Wildman–Crippen MR) is 128 cm³/mol. The quantitative estimate of drug-likeness (QED) is 0.191. The van der Waals surface area contributed by atoms with E-state index in [1.165, 1.54) is 0 Å². The lowest BCUT2D eigenvalue weighted by atomic mass is 9.39. The fourth-order valence-corrected chi connectivity index (χ4v) is 8.08. The molecule has 1 aliphatic heterocycles. The third-order valence-corrected chi connectivity index (χ3v) is 10.0. The molecule has 11 nitrogen and oxygen atoms in total. The Hall–Kier alpha value is -0.990. The van der Waals surface area contributed by atoms with Crippen molar-refractivity contribution >= 4 is 5.78 Å². The van der Waals surface area contributed by atoms with Gasteiger partial charge in [-0.05, 0) is 30.6 Å². The minimum Gasteiger partial charge on any atom is -0.394 e. The van der Waals surface area contributed by atoms with Crippen molar-refractivity contribution in [2.45, 2.75) is 108 Å². The predicted octanol–water partition coefficient (Wildman–Crippen LogP) is -1.78. The summed E-state index contributed by atoms with van der Waals surface area (Å²) in [6.45, 7) is 9.98. The Morgan fingerprint density at radius 3 is 2.24 bits per heavy atom. The smallest absolute Gasteiger partial charge is 0.191 e. The van der Waals surface area contributed by atoms with Gasteiger partial charge in [0.25, 0.3) is 0 Å². The lowest BCUT2D eigenvalue weighted by Crippen LogP contribution is -2.77. The largest absolute Gasteiger partial charge is 0.394 e. The van der Waals surface area contributed by atoms with Gasteiger partial charge in [-0.3, -0.25) is 4.79 Å². The Labute approximate surface area is 216 Å². The summed E-state index contributed by atoms with van der Waals surface area (Å²) in [6, 6.07) is 0. The molecule has 0 bridgehead atoms. The van der Waals surface area contributed by atoms with E-state index < -0.39 is 101 Å². The summed E-state index contributed by atoms with van der Waals surface area (Å²) in [5, 5.41) is 86.4. The SMILES string of the molecule is C=C[C@@]1(C)C[C@@H](O)[C@H]2[C@](O)(C1)[C@H](O)C[C@H]1C(C)(C)[C@@H](O)C(=O)[C@H](O[C@@H]3O[C@H](CO)[C@@H](O)[C@H](O)[C@H]3O)[C@@]12C. The van der Waals surface area contributed by atoms with E-state index in [1.54, 1.807) is 26.8 Å². The van der Waals surface area contributed by atoms with Gasteiger partial charge in [-0.2, -0.15) is 0 Å². The van der Waals surface area contributed by atoms with Gasteiger partial charge in [-0.15, -0.1) is 6.58 Å². The number of rotatable bonds is 4. The number of aliphatic hydroxyl groups excluding tert-OH is 7. The van der Waals surface area contributed by atoms with Crippen molar-refractivity contribution in [3.8, 4) is 0 Å². The van der Waals surface area contributed by atoms with E-state index in [2.05, 4.69) is 6.58 Å². The van der Waals surface area contributed by atoms with Crippen LogP contribution in [0.15, 0.2) is 12.7 Å². The fraction of sp³-hybridized carbons (Fsp3) is 0.885. The number of ketones is 1. The van der Waals surface area contributed by atoms with Crippen molar-refractivity contribution in [1.29, 1.82) is 0 Å². The number of carbonyl (C=O) groups is 1. The van der Waals surface area contributed by atoms with Gasteiger partial charge in [-0.1, -0.05) is 33.8 Å². The van der Waals surface area contributed by atoms with Crippen molar-refractivity contribution in [3.05, 3.63) is 12.7 Å². The molecule has 11 heteroatoms. The average Bonchev–Trinajstić information content (AvgIpc) is 2.82. The molecule has 8 N–H and O–H groups in total. The topological polar surface area (TPSA) is 197 Å². The number of aliphatic hydroxyl groups is 8. The van der Waals surface area contributed by atoms with Crippen LogP contribution in [-0.4, -0.2) is 114 Å². The molecule has 4 aliphatic rings. The highest BCUT2D eigenvalue weighted by molar-refractivity contribution is 5.90. The van der Waals surface area contributed by atoms with Crippen LogP contribution >= 0.6 is 0 Å². The van der Waals surface area contributed by atoms with E-state index in [4.69, 9.17) is 9.47 Å². The molecule has 0 aromatic heterocycles. The molecule has 212 valence electrons. The Kier molecular flexibility index (Phi) is 7.29. The van der Waals surface area contributed by atoms with Crippen molar-refractivity contribution in [2.24, 2.45) is 28.1 Å². The molecular formula is C26H42O11. The number of ether oxygens (including phenoxy) is 2. The number of hydrogen-bond acceptors (Lipinski definition) is 11. The Bertz CT molecular complexity index is 909. The fourth-order valence-electron chi connectivity index (χ4n) is 8.08. The summed E-state index contributed by atoms with van der Waals surface area (Å²) < 4.78 is 11.5. The van der Waals surface area contributed by atoms with Crippen LogP contribution < -0.4 is 0 Å². The van der Waals surface area contributed by atoms with Crippen molar-refractivity contribution in [1.82, 2.24) is 0 Å². The summed E-state index contributed by atoms with van der Waals surface area (Å²) in [5.74, 6) is -2.47. The summed E-state index contributed by atoms with van der Waals surface area (Å²) in [5.41, 5.74) is -4.98. The van der Waals surface area contributed by atoms with Gasteiger partial charge in [0.1, 0.15) is 36.6 Å². The zero-order chi connectivity index (χ0) is 27.9. The van der Waals surface area contributed by atoms with Gasteiger partial charge < -0.3 is 50.3 Å². The maximum atomic E-state index is 13.7. The zero-order valence-electron chi connectivity index (χ0n) is 21.8. The molecular weight excluding hydrogens is 488 g/mol. The van der Waals surface area contributed by atoms with Gasteiger partial charge in [0.15, 0.2) is 12.1 Å². The number of fused-ring (bicyclic) bond motifs is 3. The first-order valence-corrected chi connectivity index (χ1v) is 12.9. The van der Waals surface area contributed by atoms with E-state index in [9.17, 15) is 45.6 Å². The van der Waals surface area contributed by atoms with Gasteiger partial charge >= 0.3 is 0 Å². The summed E-state index contributed by atoms with van der Waals surface area (Å²) in [7, 11) is 0. The molecule has 14 atom stereocenters. The second-order valence-electron chi connectivity index (χ2n) is 12.8. The number of carbonyl (C=O) groups excluding carboxylic acids is 1. The molecule has 0 unspecified atom stereocenters. The van der Waals surface area contributed by atoms with Crippen LogP contribution in [0.2, 0.25) is 0 Å². The van der Waals surface area contributed by atoms with Crippen LogP contribution in [0.25, 0.3) is 0 Å². The minimum absolute atomic E-state index is 0.00464. The van der Waals surface area contributed by atoms with E-state index in [0.29, 0.717) is 0 Å². The van der Waals surface area contributed by atoms with Gasteiger partial charge in [-0.25, -0.2) is 0 Å². The highest BCUT2D eigenvalue weighted by atomic mass is 16.7. The normalized spacial score (nSPS) is 55.8. The van der Waals surface area contributed by atoms with Crippen LogP contribution in [0.1, 0.15) is 47.0 Å². The van der Waals surface area contributed by atoms with Gasteiger partial charge in [0.2, 0.25) is 0 Å². The number of allylic oxidation sites excluding steroid dienone is 1. The lowest BCUT2D eigenvalue weighted by Gasteiger charge is -2.68. The first-order chi connectivity index (χ1) is 17.0. The second-order valence-corrected chi connectivity index (χ2v) is 12.8. The van der Waals surface area contributed by atoms with Crippen LogP contribution in [0.3, 0.4) is 0 Å². The van der Waals surface area contributed by atoms with Crippen LogP contribution in [0.5, 0.6) is 0 Å². The lowest BCUT2D eigenvalue weighted by molar-refractivity contribution is -0.346. The molecule has 0 aromatic rings. The Morgan fingerprint density at radius 2 is 1.68 bits per heavy atom. The standard InChI is InChI=1S/C26H42O11/c1-6-24(4)8-11(28)19-25(5)13(7-14(29)26(19,35)10-24)23(2,3)20(34)18(33)21(25)37-22-17(32)16(31)15(30)12(9-27)36-22/h6,11-17,19-22,27-32,34-35H,1,7-10H2,2-5H3/t11-,12-,13+,14-,15-,16+,17-,19-,20+,21+,22+,24+,25+,26+/m1/s1. The summed E-state index contributed by atoms with van der Waals surface area (Å²) in [4.78, 5) is 13.7. The van der Waals surface area contributed by atoms with E-state index in [-0.39, 0.29) is 19.3 Å². The van der Waals surface area contributed by atoms with Crippen LogP contribution in [0.4, 0.5) is 0 Å². The molecule has 37 heavy (non-hydrogen) atoms. The summed E-state index contributed by atoms with van der Waals surface area (Å²) >= 11 is 0. The Balaban J connectivity index is 1.82. The molecule has 0 spiro atoms. The highest BCUT2D eigenvalue weighted by Gasteiger charge is 2.73. The van der Waals surface area contributed by atoms with Crippen LogP contribution in [-0.2, 0) is 14.3 Å². The second kappa shape index (κ2) is 9.29. The molecule has 4 rings (SSSR count).